The van der Waals surface area contributed by atoms with Crippen LogP contribution in [0.2, 0.25) is 0 Å². The van der Waals surface area contributed by atoms with E-state index in [4.69, 9.17) is 5.26 Å². The smallest absolute Gasteiger partial charge is 0.0695 e. The number of likely N-dealkylation sites (N-methyl/N-ethyl adjacent to an activating group) is 1. The molecule has 0 amide bonds. The second-order valence-corrected chi connectivity index (χ2v) is 3.94. The lowest BCUT2D eigenvalue weighted by atomic mass is 10.1. The van der Waals surface area contributed by atoms with Gasteiger partial charge in [-0.1, -0.05) is 0 Å². The van der Waals surface area contributed by atoms with Crippen molar-refractivity contribution in [1.82, 2.24) is 4.90 Å². The fourth-order valence-corrected chi connectivity index (χ4v) is 2.00. The zero-order valence-electron chi connectivity index (χ0n) is 8.40. The Morgan fingerprint density at radius 3 is 2.77 bits per heavy atom. The third kappa shape index (κ3) is 2.43. The highest BCUT2D eigenvalue weighted by Crippen LogP contribution is 2.24. The summed E-state index contributed by atoms with van der Waals surface area (Å²) in [5, 5.41) is 18.2. The van der Waals surface area contributed by atoms with Gasteiger partial charge in [0.2, 0.25) is 0 Å². The molecular weight excluding hydrogens is 164 g/mol. The van der Waals surface area contributed by atoms with Crippen LogP contribution in [0, 0.1) is 11.3 Å². The van der Waals surface area contributed by atoms with Gasteiger partial charge in [-0.25, -0.2) is 0 Å². The van der Waals surface area contributed by atoms with E-state index in [2.05, 4.69) is 11.0 Å². The quantitative estimate of drug-likeness (QED) is 0.712. The fourth-order valence-electron chi connectivity index (χ4n) is 2.00. The van der Waals surface area contributed by atoms with E-state index in [1.54, 1.807) is 0 Å². The molecule has 3 heteroatoms. The van der Waals surface area contributed by atoms with Gasteiger partial charge >= 0.3 is 0 Å². The molecule has 1 unspecified atom stereocenters. The van der Waals surface area contributed by atoms with Crippen molar-refractivity contribution in [2.45, 2.75) is 50.8 Å². The summed E-state index contributed by atoms with van der Waals surface area (Å²) in [4.78, 5) is 2.14. The van der Waals surface area contributed by atoms with E-state index >= 15 is 0 Å². The van der Waals surface area contributed by atoms with Gasteiger partial charge in [-0.15, -0.1) is 0 Å². The zero-order valence-corrected chi connectivity index (χ0v) is 8.40. The number of hydrogen-bond acceptors (Lipinski definition) is 3. The van der Waals surface area contributed by atoms with Gasteiger partial charge < -0.3 is 5.11 Å². The summed E-state index contributed by atoms with van der Waals surface area (Å²) in [7, 11) is 2.00. The Balaban J connectivity index is 2.46. The highest BCUT2D eigenvalue weighted by Gasteiger charge is 2.30. The van der Waals surface area contributed by atoms with Crippen molar-refractivity contribution in [2.24, 2.45) is 0 Å². The van der Waals surface area contributed by atoms with Crippen LogP contribution in [-0.2, 0) is 0 Å². The molecule has 1 rings (SSSR count). The molecule has 1 N–H and O–H groups in total. The second-order valence-electron chi connectivity index (χ2n) is 3.94. The Kier molecular flexibility index (Phi) is 3.71. The lowest BCUT2D eigenvalue weighted by Crippen LogP contribution is -2.42. The third-order valence-electron chi connectivity index (χ3n) is 3.05. The molecule has 13 heavy (non-hydrogen) atoms. The van der Waals surface area contributed by atoms with Gasteiger partial charge in [0.15, 0.2) is 0 Å². The lowest BCUT2D eigenvalue weighted by molar-refractivity contribution is 0.0667. The van der Waals surface area contributed by atoms with E-state index in [-0.39, 0.29) is 18.2 Å². The van der Waals surface area contributed by atoms with Crippen LogP contribution in [0.1, 0.15) is 32.6 Å². The van der Waals surface area contributed by atoms with Gasteiger partial charge in [0.25, 0.3) is 0 Å². The molecule has 3 nitrogen and oxygen atoms in total. The van der Waals surface area contributed by atoms with Gasteiger partial charge in [0.05, 0.1) is 18.6 Å². The standard InChI is InChI=1S/C10H18N2O/c1-8(6-7-11)12(2)9-4-3-5-10(9)13/h8-10,13H,3-6H2,1-2H3/t8?,9-,10-/m0/s1. The van der Waals surface area contributed by atoms with Gasteiger partial charge in [-0.3, -0.25) is 4.90 Å². The van der Waals surface area contributed by atoms with Crippen molar-refractivity contribution >= 4 is 0 Å². The van der Waals surface area contributed by atoms with E-state index < -0.39 is 0 Å². The first-order valence-corrected chi connectivity index (χ1v) is 4.93. The molecule has 0 spiro atoms. The SMILES string of the molecule is CC(CC#N)N(C)[C@H]1CCC[C@@H]1O. The van der Waals surface area contributed by atoms with Crippen molar-refractivity contribution in [2.75, 3.05) is 7.05 Å². The number of hydrogen-bond donors (Lipinski definition) is 1. The lowest BCUT2D eigenvalue weighted by Gasteiger charge is -2.31. The maximum Gasteiger partial charge on any atom is 0.0695 e. The van der Waals surface area contributed by atoms with Crippen LogP contribution in [0.4, 0.5) is 0 Å². The first kappa shape index (κ1) is 10.5. The number of aliphatic hydroxyl groups excluding tert-OH is 1. The molecule has 74 valence electrons. The Morgan fingerprint density at radius 1 is 1.62 bits per heavy atom. The predicted octanol–water partition coefficient (Wildman–Crippen LogP) is 1.13. The summed E-state index contributed by atoms with van der Waals surface area (Å²) in [6, 6.07) is 2.68. The predicted molar refractivity (Wildman–Crippen MR) is 51.1 cm³/mol. The molecule has 1 aliphatic carbocycles. The molecule has 1 fully saturated rings. The molecule has 0 radical (unpaired) electrons. The van der Waals surface area contributed by atoms with Crippen molar-refractivity contribution in [3.8, 4) is 6.07 Å². The second kappa shape index (κ2) is 4.59. The average molecular weight is 182 g/mol. The van der Waals surface area contributed by atoms with E-state index in [0.29, 0.717) is 6.42 Å². The minimum absolute atomic E-state index is 0.189. The maximum atomic E-state index is 9.65. The van der Waals surface area contributed by atoms with E-state index in [1.165, 1.54) is 0 Å². The Hall–Kier alpha value is -0.590. The maximum absolute atomic E-state index is 9.65. The Bertz CT molecular complexity index is 200. The summed E-state index contributed by atoms with van der Waals surface area (Å²) in [6.45, 7) is 2.04. The molecule has 1 aliphatic rings. The molecule has 0 aromatic carbocycles. The minimum atomic E-state index is -0.189. The molecule has 0 saturated heterocycles. The third-order valence-corrected chi connectivity index (χ3v) is 3.05. The molecule has 1 saturated carbocycles. The molecule has 0 aromatic rings. The summed E-state index contributed by atoms with van der Waals surface area (Å²) in [6.07, 6.45) is 3.43. The van der Waals surface area contributed by atoms with E-state index in [0.717, 1.165) is 19.3 Å². The van der Waals surface area contributed by atoms with Crippen LogP contribution in [0.25, 0.3) is 0 Å². The summed E-state index contributed by atoms with van der Waals surface area (Å²) in [5.41, 5.74) is 0. The van der Waals surface area contributed by atoms with Crippen LogP contribution in [0.15, 0.2) is 0 Å². The number of rotatable bonds is 3. The van der Waals surface area contributed by atoms with Gasteiger partial charge in [0.1, 0.15) is 0 Å². The summed E-state index contributed by atoms with van der Waals surface area (Å²) >= 11 is 0. The van der Waals surface area contributed by atoms with Crippen molar-refractivity contribution in [3.05, 3.63) is 0 Å². The van der Waals surface area contributed by atoms with E-state index in [1.807, 2.05) is 14.0 Å². The van der Waals surface area contributed by atoms with E-state index in [9.17, 15) is 5.11 Å². The van der Waals surface area contributed by atoms with Crippen LogP contribution < -0.4 is 0 Å². The highest BCUT2D eigenvalue weighted by molar-refractivity contribution is 4.88. The first-order chi connectivity index (χ1) is 6.16. The zero-order chi connectivity index (χ0) is 9.84. The van der Waals surface area contributed by atoms with Gasteiger partial charge in [0, 0.05) is 12.1 Å². The monoisotopic (exact) mass is 182 g/mol. The summed E-state index contributed by atoms with van der Waals surface area (Å²) in [5.74, 6) is 0. The normalized spacial score (nSPS) is 30.4. The van der Waals surface area contributed by atoms with Crippen LogP contribution in [0.3, 0.4) is 0 Å². The fraction of sp³-hybridized carbons (Fsp3) is 0.900. The molecule has 0 aliphatic heterocycles. The largest absolute Gasteiger partial charge is 0.391 e. The van der Waals surface area contributed by atoms with Crippen molar-refractivity contribution in [1.29, 1.82) is 5.26 Å². The summed E-state index contributed by atoms with van der Waals surface area (Å²) < 4.78 is 0. The van der Waals surface area contributed by atoms with Crippen LogP contribution in [0.5, 0.6) is 0 Å². The first-order valence-electron chi connectivity index (χ1n) is 4.93. The van der Waals surface area contributed by atoms with Gasteiger partial charge in [-0.2, -0.15) is 5.26 Å². The molecular formula is C10H18N2O. The molecule has 3 atom stereocenters. The Labute approximate surface area is 80.0 Å². The molecule has 0 heterocycles. The average Bonchev–Trinajstić information content (AvgIpc) is 2.50. The van der Waals surface area contributed by atoms with Crippen LogP contribution >= 0.6 is 0 Å². The minimum Gasteiger partial charge on any atom is -0.391 e. The van der Waals surface area contributed by atoms with Crippen LogP contribution in [-0.4, -0.2) is 35.2 Å². The van der Waals surface area contributed by atoms with Crippen molar-refractivity contribution < 1.29 is 5.11 Å². The number of nitriles is 1. The topological polar surface area (TPSA) is 47.3 Å². The number of aliphatic hydroxyl groups is 1. The van der Waals surface area contributed by atoms with Gasteiger partial charge in [-0.05, 0) is 33.2 Å². The highest BCUT2D eigenvalue weighted by atomic mass is 16.3. The number of nitrogens with zero attached hydrogens (tertiary/aromatic N) is 2. The Morgan fingerprint density at radius 2 is 2.31 bits per heavy atom. The van der Waals surface area contributed by atoms with Crippen molar-refractivity contribution in [3.63, 3.8) is 0 Å². The molecule has 0 aromatic heterocycles. The molecule has 0 bridgehead atoms.